The number of fused-ring (bicyclic) bond motifs is 1. The summed E-state index contributed by atoms with van der Waals surface area (Å²) in [6.07, 6.45) is -0.959. The van der Waals surface area contributed by atoms with Crippen LogP contribution in [0.25, 0.3) is 11.1 Å². The van der Waals surface area contributed by atoms with E-state index in [9.17, 15) is 14.0 Å². The number of esters is 1. The molecule has 0 aliphatic heterocycles. The van der Waals surface area contributed by atoms with Crippen molar-refractivity contribution >= 4 is 34.7 Å². The number of rotatable bonds is 7. The van der Waals surface area contributed by atoms with Crippen molar-refractivity contribution in [2.24, 2.45) is 0 Å². The van der Waals surface area contributed by atoms with Crippen LogP contribution in [0.3, 0.4) is 0 Å². The smallest absolute Gasteiger partial charge is 0.317 e. The topological polar surface area (TPSA) is 81.4 Å². The van der Waals surface area contributed by atoms with E-state index in [4.69, 9.17) is 9.15 Å². The van der Waals surface area contributed by atoms with Gasteiger partial charge in [-0.3, -0.25) is 9.59 Å². The second-order valence-electron chi connectivity index (χ2n) is 6.15. The number of benzene rings is 2. The number of halogens is 1. The predicted molar refractivity (Wildman–Crippen MR) is 103 cm³/mol. The van der Waals surface area contributed by atoms with Gasteiger partial charge in [-0.15, -0.1) is 0 Å². The van der Waals surface area contributed by atoms with E-state index in [0.29, 0.717) is 16.3 Å². The first-order valence-electron chi connectivity index (χ1n) is 8.66. The van der Waals surface area contributed by atoms with E-state index in [1.54, 1.807) is 25.1 Å². The summed E-state index contributed by atoms with van der Waals surface area (Å²) in [7, 11) is 0. The molecule has 0 saturated heterocycles. The maximum Gasteiger partial charge on any atom is 0.317 e. The van der Waals surface area contributed by atoms with Crippen molar-refractivity contribution in [3.8, 4) is 0 Å². The largest absolute Gasteiger partial charge is 0.452 e. The SMILES string of the molecule is C[C@@H](OC(=O)CSc1nc2ccccc2o1)C(=O)N[C@H](C)c1ccc(F)cc1. The highest BCUT2D eigenvalue weighted by Crippen LogP contribution is 2.23. The molecule has 1 heterocycles. The molecule has 2 atom stereocenters. The molecule has 1 N–H and O–H groups in total. The van der Waals surface area contributed by atoms with Crippen molar-refractivity contribution in [1.29, 1.82) is 0 Å². The quantitative estimate of drug-likeness (QED) is 0.477. The molecule has 8 heteroatoms. The van der Waals surface area contributed by atoms with Crippen molar-refractivity contribution in [2.75, 3.05) is 5.75 Å². The van der Waals surface area contributed by atoms with Crippen molar-refractivity contribution in [1.82, 2.24) is 10.3 Å². The zero-order valence-corrected chi connectivity index (χ0v) is 16.2. The number of nitrogens with zero attached hydrogens (tertiary/aromatic N) is 1. The van der Waals surface area contributed by atoms with Crippen LogP contribution < -0.4 is 5.32 Å². The number of amides is 1. The van der Waals surface area contributed by atoms with Gasteiger partial charge in [0.1, 0.15) is 17.1 Å². The minimum Gasteiger partial charge on any atom is -0.452 e. The Labute approximate surface area is 165 Å². The molecule has 1 aromatic heterocycles. The van der Waals surface area contributed by atoms with Crippen LogP contribution >= 0.6 is 11.8 Å². The lowest BCUT2D eigenvalue weighted by Crippen LogP contribution is -2.37. The van der Waals surface area contributed by atoms with Crippen LogP contribution in [0.2, 0.25) is 0 Å². The number of hydrogen-bond acceptors (Lipinski definition) is 6. The van der Waals surface area contributed by atoms with Crippen LogP contribution in [0.1, 0.15) is 25.5 Å². The third-order valence-corrected chi connectivity index (χ3v) is 4.80. The van der Waals surface area contributed by atoms with E-state index >= 15 is 0 Å². The molecule has 0 bridgehead atoms. The molecule has 1 amide bonds. The van der Waals surface area contributed by atoms with Gasteiger partial charge in [-0.25, -0.2) is 9.37 Å². The number of ether oxygens (including phenoxy) is 1. The van der Waals surface area contributed by atoms with Gasteiger partial charge in [0, 0.05) is 0 Å². The van der Waals surface area contributed by atoms with Crippen LogP contribution in [0.4, 0.5) is 4.39 Å². The van der Waals surface area contributed by atoms with Crippen molar-refractivity contribution in [3.05, 3.63) is 59.9 Å². The third kappa shape index (κ3) is 5.10. The van der Waals surface area contributed by atoms with Gasteiger partial charge in [-0.1, -0.05) is 36.0 Å². The number of carbonyl (C=O) groups is 2. The first-order valence-corrected chi connectivity index (χ1v) is 9.64. The lowest BCUT2D eigenvalue weighted by Gasteiger charge is -2.18. The van der Waals surface area contributed by atoms with Crippen LogP contribution in [-0.4, -0.2) is 28.7 Å². The van der Waals surface area contributed by atoms with Crippen molar-refractivity contribution in [2.45, 2.75) is 31.2 Å². The average Bonchev–Trinajstić information content (AvgIpc) is 3.09. The van der Waals surface area contributed by atoms with Gasteiger partial charge in [0.2, 0.25) is 0 Å². The predicted octanol–water partition coefficient (Wildman–Crippen LogP) is 3.87. The summed E-state index contributed by atoms with van der Waals surface area (Å²) in [4.78, 5) is 28.5. The van der Waals surface area contributed by atoms with Gasteiger partial charge in [-0.2, -0.15) is 0 Å². The van der Waals surface area contributed by atoms with E-state index in [0.717, 1.165) is 17.3 Å². The highest BCUT2D eigenvalue weighted by atomic mass is 32.2. The van der Waals surface area contributed by atoms with Gasteiger partial charge in [0.05, 0.1) is 6.04 Å². The zero-order chi connectivity index (χ0) is 20.1. The summed E-state index contributed by atoms with van der Waals surface area (Å²) in [5, 5.41) is 3.10. The van der Waals surface area contributed by atoms with E-state index in [1.165, 1.54) is 19.1 Å². The highest BCUT2D eigenvalue weighted by molar-refractivity contribution is 7.99. The molecular formula is C20H19FN2O4S. The Hall–Kier alpha value is -2.87. The Morgan fingerprint density at radius 1 is 1.18 bits per heavy atom. The summed E-state index contributed by atoms with van der Waals surface area (Å²) in [5.74, 6) is -1.36. The number of thioether (sulfide) groups is 1. The second kappa shape index (κ2) is 8.88. The van der Waals surface area contributed by atoms with Gasteiger partial charge < -0.3 is 14.5 Å². The fourth-order valence-electron chi connectivity index (χ4n) is 2.48. The van der Waals surface area contributed by atoms with E-state index < -0.39 is 18.0 Å². The molecule has 28 heavy (non-hydrogen) atoms. The third-order valence-electron chi connectivity index (χ3n) is 3.99. The summed E-state index contributed by atoms with van der Waals surface area (Å²) in [5.41, 5.74) is 2.10. The van der Waals surface area contributed by atoms with Gasteiger partial charge in [0.25, 0.3) is 11.1 Å². The molecule has 3 rings (SSSR count). The fraction of sp³-hybridized carbons (Fsp3) is 0.250. The molecule has 0 radical (unpaired) electrons. The van der Waals surface area contributed by atoms with E-state index in [-0.39, 0.29) is 17.6 Å². The number of para-hydroxylation sites is 2. The van der Waals surface area contributed by atoms with Crippen molar-refractivity contribution < 1.29 is 23.1 Å². The van der Waals surface area contributed by atoms with Crippen LogP contribution in [-0.2, 0) is 14.3 Å². The van der Waals surface area contributed by atoms with E-state index in [2.05, 4.69) is 10.3 Å². The summed E-state index contributed by atoms with van der Waals surface area (Å²) in [6, 6.07) is 12.8. The Morgan fingerprint density at radius 2 is 1.89 bits per heavy atom. The molecule has 0 unspecified atom stereocenters. The molecule has 146 valence electrons. The summed E-state index contributed by atoms with van der Waals surface area (Å²) in [6.45, 7) is 3.26. The molecule has 0 spiro atoms. The normalized spacial score (nSPS) is 13.1. The second-order valence-corrected chi connectivity index (χ2v) is 7.08. The lowest BCUT2D eigenvalue weighted by molar-refractivity contribution is -0.152. The zero-order valence-electron chi connectivity index (χ0n) is 15.3. The standard InChI is InChI=1S/C20H19FN2O4S/c1-12(14-7-9-15(21)10-8-14)22-19(25)13(2)26-18(24)11-28-20-23-16-5-3-4-6-17(16)27-20/h3-10,12-13H,11H2,1-2H3,(H,22,25)/t12-,13-/m1/s1. The number of hydrogen-bond donors (Lipinski definition) is 1. The molecular weight excluding hydrogens is 383 g/mol. The van der Waals surface area contributed by atoms with Gasteiger partial charge >= 0.3 is 5.97 Å². The van der Waals surface area contributed by atoms with Crippen LogP contribution in [0.5, 0.6) is 0 Å². The number of nitrogens with one attached hydrogen (secondary N) is 1. The Balaban J connectivity index is 1.47. The summed E-state index contributed by atoms with van der Waals surface area (Å²) < 4.78 is 23.7. The molecule has 3 aromatic rings. The average molecular weight is 402 g/mol. The molecule has 0 saturated carbocycles. The maximum absolute atomic E-state index is 13.0. The Bertz CT molecular complexity index is 941. The van der Waals surface area contributed by atoms with Gasteiger partial charge in [0.15, 0.2) is 11.7 Å². The molecule has 2 aromatic carbocycles. The minimum absolute atomic E-state index is 0.0298. The lowest BCUT2D eigenvalue weighted by atomic mass is 10.1. The first kappa shape index (κ1) is 19.9. The molecule has 0 aliphatic rings. The molecule has 0 fully saturated rings. The van der Waals surface area contributed by atoms with Crippen LogP contribution in [0.15, 0.2) is 58.2 Å². The van der Waals surface area contributed by atoms with E-state index in [1.807, 2.05) is 18.2 Å². The van der Waals surface area contributed by atoms with Crippen LogP contribution in [0, 0.1) is 5.82 Å². The number of oxazole rings is 1. The summed E-state index contributed by atoms with van der Waals surface area (Å²) >= 11 is 1.10. The fourth-order valence-corrected chi connectivity index (χ4v) is 3.10. The maximum atomic E-state index is 13.0. The first-order chi connectivity index (χ1) is 13.4. The Kier molecular flexibility index (Phi) is 6.30. The van der Waals surface area contributed by atoms with Crippen molar-refractivity contribution in [3.63, 3.8) is 0 Å². The number of carbonyl (C=O) groups excluding carboxylic acids is 2. The molecule has 0 aliphatic carbocycles. The minimum atomic E-state index is -0.959. The molecule has 6 nitrogen and oxygen atoms in total. The number of aromatic nitrogens is 1. The highest BCUT2D eigenvalue weighted by Gasteiger charge is 2.20. The monoisotopic (exact) mass is 402 g/mol. The Morgan fingerprint density at radius 3 is 2.61 bits per heavy atom. The van der Waals surface area contributed by atoms with Gasteiger partial charge in [-0.05, 0) is 43.7 Å².